The summed E-state index contributed by atoms with van der Waals surface area (Å²) in [4.78, 5) is 56.0. The topological polar surface area (TPSA) is 174 Å². The zero-order chi connectivity index (χ0) is 40.1. The molecule has 0 aliphatic heterocycles. The van der Waals surface area contributed by atoms with Crippen LogP contribution in [0.1, 0.15) is 71.5 Å². The van der Waals surface area contributed by atoms with E-state index in [4.69, 9.17) is 28.4 Å². The van der Waals surface area contributed by atoms with Gasteiger partial charge in [0.15, 0.2) is 0 Å². The zero-order valence-electron chi connectivity index (χ0n) is 31.2. The summed E-state index contributed by atoms with van der Waals surface area (Å²) in [5.41, 5.74) is 2.96. The highest BCUT2D eigenvalue weighted by molar-refractivity contribution is 6.01. The molecule has 56 heavy (non-hydrogen) atoms. The Balaban J connectivity index is 1.20. The van der Waals surface area contributed by atoms with Crippen LogP contribution in [-0.2, 0) is 19.1 Å². The molecule has 0 fully saturated rings. The number of unbranched alkanes of at least 4 members (excludes halogenated alkanes) is 2. The van der Waals surface area contributed by atoms with E-state index in [1.807, 2.05) is 0 Å². The summed E-state index contributed by atoms with van der Waals surface area (Å²) in [6.07, 6.45) is 7.89. The molecule has 2 aromatic carbocycles. The molecule has 0 saturated heterocycles. The van der Waals surface area contributed by atoms with Crippen LogP contribution in [0.5, 0.6) is 23.1 Å². The van der Waals surface area contributed by atoms with Crippen LogP contribution in [0.25, 0.3) is 0 Å². The van der Waals surface area contributed by atoms with Crippen molar-refractivity contribution in [1.29, 1.82) is 0 Å². The molecule has 0 amide bonds. The highest BCUT2D eigenvalue weighted by Crippen LogP contribution is 2.18. The predicted octanol–water partition coefficient (Wildman–Crippen LogP) is 6.92. The van der Waals surface area contributed by atoms with Crippen molar-refractivity contribution in [3.05, 3.63) is 133 Å². The number of rotatable bonds is 21. The van der Waals surface area contributed by atoms with E-state index in [1.165, 1.54) is 12.4 Å². The van der Waals surface area contributed by atoms with Crippen LogP contribution in [0.4, 0.5) is 0 Å². The van der Waals surface area contributed by atoms with Crippen LogP contribution in [0.3, 0.4) is 0 Å². The first-order valence-corrected chi connectivity index (χ1v) is 17.7. The third kappa shape index (κ3) is 14.1. The summed E-state index contributed by atoms with van der Waals surface area (Å²) < 4.78 is 32.1. The third-order valence-electron chi connectivity index (χ3n) is 7.64. The van der Waals surface area contributed by atoms with Gasteiger partial charge in [-0.1, -0.05) is 13.2 Å². The molecule has 2 heterocycles. The van der Waals surface area contributed by atoms with Gasteiger partial charge >= 0.3 is 23.9 Å². The monoisotopic (exact) mass is 762 g/mol. The van der Waals surface area contributed by atoms with Gasteiger partial charge in [0.2, 0.25) is 5.88 Å². The molecule has 14 nitrogen and oxygen atoms in total. The second kappa shape index (κ2) is 22.3. The second-order valence-electron chi connectivity index (χ2n) is 11.8. The van der Waals surface area contributed by atoms with Crippen molar-refractivity contribution >= 4 is 35.3 Å². The number of benzene rings is 2. The number of carbonyl (C=O) groups excluding carboxylic acids is 4. The maximum absolute atomic E-state index is 12.7. The largest absolute Gasteiger partial charge is 0.494 e. The van der Waals surface area contributed by atoms with Gasteiger partial charge in [-0.2, -0.15) is 10.2 Å². The smallest absolute Gasteiger partial charge is 0.344 e. The SMILES string of the molecule is C=CC(=O)OCCCCOc1ccc(C(=O)Oc2ccc(C(C)=NN=C(C)c3ccc(OC(=O)c4ccc(OCCCCOC(=O)C=C)cc4)nc3)nc2)cc1. The Labute approximate surface area is 324 Å². The standard InChI is InChI=1S/C42H42N4O10/c1-5-39(47)53-25-9-7-23-51-34-16-11-31(12-17-34)41(49)55-36-20-21-37(43-28-36)30(4)46-45-29(3)33-15-22-38(44-27-33)56-42(50)32-13-18-35(19-14-32)52-24-8-10-26-54-40(48)6-2/h5-6,11-22,27-28H,1-2,7-10,23-26H2,3-4H3. The highest BCUT2D eigenvalue weighted by atomic mass is 16.5. The summed E-state index contributed by atoms with van der Waals surface area (Å²) in [6.45, 7) is 11.7. The minimum atomic E-state index is -0.574. The molecular formula is C42H42N4O10. The maximum atomic E-state index is 12.7. The van der Waals surface area contributed by atoms with Gasteiger partial charge in [-0.15, -0.1) is 0 Å². The normalized spacial score (nSPS) is 11.2. The lowest BCUT2D eigenvalue weighted by Crippen LogP contribution is -2.10. The van der Waals surface area contributed by atoms with Crippen LogP contribution < -0.4 is 18.9 Å². The van der Waals surface area contributed by atoms with Crippen molar-refractivity contribution in [2.45, 2.75) is 39.5 Å². The Morgan fingerprint density at radius 3 is 1.52 bits per heavy atom. The second-order valence-corrected chi connectivity index (χ2v) is 11.8. The Kier molecular flexibility index (Phi) is 16.6. The first-order valence-electron chi connectivity index (χ1n) is 17.7. The summed E-state index contributed by atoms with van der Waals surface area (Å²) in [5.74, 6) is -0.459. The molecule has 0 spiro atoms. The van der Waals surface area contributed by atoms with Crippen molar-refractivity contribution in [3.63, 3.8) is 0 Å². The Hall–Kier alpha value is -6.96. The van der Waals surface area contributed by atoms with Crippen LogP contribution in [-0.4, -0.2) is 71.7 Å². The average molecular weight is 763 g/mol. The first-order chi connectivity index (χ1) is 27.1. The van der Waals surface area contributed by atoms with E-state index in [2.05, 4.69) is 33.3 Å². The number of carbonyl (C=O) groups is 4. The third-order valence-corrected chi connectivity index (χ3v) is 7.64. The number of ether oxygens (including phenoxy) is 6. The number of pyridine rings is 2. The Bertz CT molecular complexity index is 1860. The number of hydrogen-bond acceptors (Lipinski definition) is 14. The van der Waals surface area contributed by atoms with E-state index in [9.17, 15) is 19.2 Å². The van der Waals surface area contributed by atoms with Gasteiger partial charge in [0.1, 0.15) is 17.2 Å². The molecule has 0 N–H and O–H groups in total. The van der Waals surface area contributed by atoms with E-state index in [1.54, 1.807) is 86.6 Å². The Morgan fingerprint density at radius 1 is 0.554 bits per heavy atom. The molecule has 14 heteroatoms. The van der Waals surface area contributed by atoms with Gasteiger partial charge in [0, 0.05) is 30.0 Å². The van der Waals surface area contributed by atoms with Crippen LogP contribution >= 0.6 is 0 Å². The summed E-state index contributed by atoms with van der Waals surface area (Å²) in [7, 11) is 0. The Morgan fingerprint density at radius 2 is 1.04 bits per heavy atom. The van der Waals surface area contributed by atoms with E-state index in [0.717, 1.165) is 12.2 Å². The minimum Gasteiger partial charge on any atom is -0.494 e. The van der Waals surface area contributed by atoms with Crippen LogP contribution in [0, 0.1) is 0 Å². The fourth-order valence-electron chi connectivity index (χ4n) is 4.51. The maximum Gasteiger partial charge on any atom is 0.344 e. The van der Waals surface area contributed by atoms with Crippen molar-refractivity contribution in [3.8, 4) is 23.1 Å². The quantitative estimate of drug-likeness (QED) is 0.0282. The van der Waals surface area contributed by atoms with Crippen molar-refractivity contribution in [2.75, 3.05) is 26.4 Å². The predicted molar refractivity (Wildman–Crippen MR) is 207 cm³/mol. The zero-order valence-corrected chi connectivity index (χ0v) is 31.2. The lowest BCUT2D eigenvalue weighted by molar-refractivity contribution is -0.138. The molecule has 0 aliphatic carbocycles. The fraction of sp³-hybridized carbons (Fsp3) is 0.238. The van der Waals surface area contributed by atoms with Gasteiger partial charge in [0.05, 0.1) is 60.9 Å². The number of nitrogens with zero attached hydrogens (tertiary/aromatic N) is 4. The first kappa shape index (κ1) is 41.8. The van der Waals surface area contributed by atoms with Gasteiger partial charge in [0.25, 0.3) is 0 Å². The van der Waals surface area contributed by atoms with E-state index in [-0.39, 0.29) is 11.6 Å². The molecule has 0 unspecified atom stereocenters. The van der Waals surface area contributed by atoms with Gasteiger partial charge in [-0.25, -0.2) is 24.2 Å². The molecule has 0 atom stereocenters. The minimum absolute atomic E-state index is 0.119. The molecular weight excluding hydrogens is 720 g/mol. The number of hydrogen-bond donors (Lipinski definition) is 0. The number of aromatic nitrogens is 2. The van der Waals surface area contributed by atoms with Crippen LogP contribution in [0.2, 0.25) is 0 Å². The fourth-order valence-corrected chi connectivity index (χ4v) is 4.51. The van der Waals surface area contributed by atoms with Crippen LogP contribution in [0.15, 0.2) is 121 Å². The van der Waals surface area contributed by atoms with E-state index in [0.29, 0.717) is 97.4 Å². The van der Waals surface area contributed by atoms with E-state index >= 15 is 0 Å². The highest BCUT2D eigenvalue weighted by Gasteiger charge is 2.12. The van der Waals surface area contributed by atoms with Crippen molar-refractivity contribution < 1.29 is 47.6 Å². The summed E-state index contributed by atoms with van der Waals surface area (Å²) in [5, 5.41) is 8.56. The molecule has 0 radical (unpaired) electrons. The molecule has 4 rings (SSSR count). The lowest BCUT2D eigenvalue weighted by Gasteiger charge is -2.08. The number of esters is 4. The summed E-state index contributed by atoms with van der Waals surface area (Å²) >= 11 is 0. The van der Waals surface area contributed by atoms with Gasteiger partial charge in [-0.3, -0.25) is 4.98 Å². The summed E-state index contributed by atoms with van der Waals surface area (Å²) in [6, 6.07) is 19.7. The van der Waals surface area contributed by atoms with Crippen molar-refractivity contribution in [2.24, 2.45) is 10.2 Å². The van der Waals surface area contributed by atoms with Gasteiger partial charge < -0.3 is 28.4 Å². The molecule has 0 bridgehead atoms. The molecule has 4 aromatic rings. The molecule has 2 aromatic heterocycles. The average Bonchev–Trinajstić information content (AvgIpc) is 3.22. The molecule has 0 saturated carbocycles. The lowest BCUT2D eigenvalue weighted by atomic mass is 10.2. The molecule has 290 valence electrons. The molecule has 0 aliphatic rings. The van der Waals surface area contributed by atoms with Crippen molar-refractivity contribution in [1.82, 2.24) is 9.97 Å². The van der Waals surface area contributed by atoms with Gasteiger partial charge in [-0.05, 0) is 106 Å². The van der Waals surface area contributed by atoms with E-state index < -0.39 is 23.9 Å².